The van der Waals surface area contributed by atoms with Crippen LogP contribution in [0.1, 0.15) is 116 Å². The van der Waals surface area contributed by atoms with Crippen molar-refractivity contribution in [3.63, 3.8) is 0 Å². The normalized spacial score (nSPS) is 24.7. The molecule has 9 aromatic heterocycles. The average molecular weight is 1860 g/mol. The van der Waals surface area contributed by atoms with Gasteiger partial charge in [0, 0.05) is 68.1 Å². The lowest BCUT2D eigenvalue weighted by atomic mass is 9.85. The highest BCUT2D eigenvalue weighted by Gasteiger charge is 2.54. The average Bonchev–Trinajstić information content (AvgIpc) is 1.64. The number of esters is 3. The van der Waals surface area contributed by atoms with E-state index in [2.05, 4.69) is 25.6 Å². The number of nitrogen functional groups attached to an aromatic ring is 1. The molecule has 0 saturated carbocycles. The number of benzene rings is 3. The van der Waals surface area contributed by atoms with Crippen molar-refractivity contribution >= 4 is 80.3 Å². The first-order valence-corrected chi connectivity index (χ1v) is 42.0. The van der Waals surface area contributed by atoms with Crippen molar-refractivity contribution in [1.82, 2.24) is 57.3 Å². The quantitative estimate of drug-likeness (QED) is 0.0547. The van der Waals surface area contributed by atoms with Crippen molar-refractivity contribution in [1.29, 1.82) is 0 Å². The molecule has 0 bridgehead atoms. The first-order chi connectivity index (χ1) is 63.9. The molecule has 3 aromatic carbocycles. The Hall–Kier alpha value is -14.4. The number of aliphatic hydroxyl groups excluding tert-OH is 9. The smallest absolute Gasteiger partial charge is 0.414 e. The minimum atomic E-state index is -1.99. The van der Waals surface area contributed by atoms with Gasteiger partial charge >= 0.3 is 47.2 Å². The van der Waals surface area contributed by atoms with E-state index in [1.807, 2.05) is 91.0 Å². The van der Waals surface area contributed by atoms with Gasteiger partial charge in [-0.3, -0.25) is 38.7 Å². The molecule has 3 saturated heterocycles. The number of pyridine rings is 6. The third-order valence-electron chi connectivity index (χ3n) is 25.1. The molecular weight excluding hydrogens is 1770 g/mol. The Morgan fingerprint density at radius 2 is 0.748 bits per heavy atom. The fourth-order valence-corrected chi connectivity index (χ4v) is 18.0. The first kappa shape index (κ1) is 93.8. The van der Waals surface area contributed by atoms with E-state index in [1.54, 1.807) is 52.7 Å². The van der Waals surface area contributed by atoms with Crippen LogP contribution >= 0.6 is 0 Å². The van der Waals surface area contributed by atoms with Crippen LogP contribution < -0.4 is 50.1 Å². The molecule has 9 aliphatic heterocycles. The zero-order valence-electron chi connectivity index (χ0n) is 70.9. The molecule has 18 heterocycles. The lowest BCUT2D eigenvalue weighted by Crippen LogP contribution is -2.48. The van der Waals surface area contributed by atoms with Gasteiger partial charge in [0.1, 0.15) is 92.2 Å². The van der Waals surface area contributed by atoms with Crippen LogP contribution in [0.3, 0.4) is 0 Å². The van der Waals surface area contributed by atoms with Gasteiger partial charge < -0.3 is 114 Å². The fourth-order valence-electron chi connectivity index (χ4n) is 18.0. The topological polar surface area (TPSA) is 652 Å². The zero-order valence-corrected chi connectivity index (χ0v) is 70.9. The van der Waals surface area contributed by atoms with Gasteiger partial charge in [0.25, 0.3) is 16.7 Å². The number of rotatable bonds is 13. The number of aromatic nitrogens is 12. The summed E-state index contributed by atoms with van der Waals surface area (Å²) in [5.41, 5.74) is 5.75. The van der Waals surface area contributed by atoms with E-state index in [1.165, 1.54) is 36.8 Å². The Kier molecular flexibility index (Phi) is 25.4. The van der Waals surface area contributed by atoms with Crippen molar-refractivity contribution in [2.75, 3.05) is 36.2 Å². The van der Waals surface area contributed by atoms with Gasteiger partial charge in [0.2, 0.25) is 11.2 Å². The summed E-state index contributed by atoms with van der Waals surface area (Å²) in [6.45, 7) is 3.57. The Morgan fingerprint density at radius 1 is 0.430 bits per heavy atom. The second kappa shape index (κ2) is 36.5. The Bertz CT molecular complexity index is 6940. The van der Waals surface area contributed by atoms with Gasteiger partial charge in [-0.1, -0.05) is 82.8 Å². The molecule has 3 fully saturated rings. The number of fused-ring (bicyclic) bond motifs is 15. The van der Waals surface area contributed by atoms with Gasteiger partial charge in [-0.05, 0) is 92.1 Å². The van der Waals surface area contributed by atoms with Crippen LogP contribution in [0.25, 0.3) is 66.9 Å². The number of ether oxygens (including phenoxy) is 8. The second-order valence-electron chi connectivity index (χ2n) is 32.6. The predicted molar refractivity (Wildman–Crippen MR) is 469 cm³/mol. The van der Waals surface area contributed by atoms with Gasteiger partial charge in [-0.2, -0.15) is 15.0 Å². The number of cyclic esters (lactones) is 3. The maximum absolute atomic E-state index is 13.7. The number of nitrogens with two attached hydrogens (primary N) is 1. The molecule has 12 unspecified atom stereocenters. The predicted octanol–water partition coefficient (Wildman–Crippen LogP) is 0.336. The number of aliphatic hydroxyl groups is 10. The van der Waals surface area contributed by atoms with Crippen LogP contribution in [0.5, 0.6) is 0 Å². The highest BCUT2D eigenvalue weighted by atomic mass is 16.6. The highest BCUT2D eigenvalue weighted by molar-refractivity contribution is 5.94. The lowest BCUT2D eigenvalue weighted by Gasteiger charge is -2.35. The standard InChI is InChI=1S/2C30H27N5O10.C20H16N2O4.C9H13N3O5.CH4.H2O/c2*1-2-30(45-29(42)33-21-7-8-34(28(41)32-21)26-24(38)23(37)20(12-36)44-26)17-10-19-22-15(9-14-5-3-4-6-18(14)31-22)11-35(19)25(39)16(17)13-43-27(30)40;1-2-20(25)14-8-16-17-12(7-11-5-3-4-6-15(11)21-17)9-22(16)18(23)13(14)10-26-19(20)24;10-5-1-2-12(9(16)11-5)8-7(15)6(14)4(3-13)17-8;;/h2*3-10,20,23-24,26,36-38H,2,11-13H2,1H3,(H,32,33,41,42);3-8,25H,2,9-10H2,1H3;1-2,4,6-8,13-15H,3H2,(H2,10,11,16);1H4;1H2/t2*20?,23?,24?,26?,30-;20-;;;/m000.../s1. The molecule has 16 N–H and O–H groups in total. The number of hydrogen-bond acceptors (Lipinski definition) is 36. The van der Waals surface area contributed by atoms with Crippen LogP contribution in [-0.4, -0.2) is 219 Å². The third kappa shape index (κ3) is 16.0. The van der Waals surface area contributed by atoms with E-state index in [0.29, 0.717) is 46.1 Å². The summed E-state index contributed by atoms with van der Waals surface area (Å²) >= 11 is 0. The van der Waals surface area contributed by atoms with Crippen molar-refractivity contribution in [3.05, 3.63) is 259 Å². The summed E-state index contributed by atoms with van der Waals surface area (Å²) in [6, 6.07) is 37.7. The summed E-state index contributed by atoms with van der Waals surface area (Å²) in [5.74, 6) is -2.88. The molecule has 21 rings (SSSR count). The summed E-state index contributed by atoms with van der Waals surface area (Å²) in [7, 11) is 0. The molecular formula is C90H89N15O30. The molecule has 135 heavy (non-hydrogen) atoms. The van der Waals surface area contributed by atoms with E-state index in [0.717, 1.165) is 68.8 Å². The molecule has 45 nitrogen and oxygen atoms in total. The summed E-state index contributed by atoms with van der Waals surface area (Å²) < 4.78 is 50.6. The first-order valence-electron chi connectivity index (χ1n) is 42.0. The number of carbonyl (C=O) groups excluding carboxylic acids is 5. The highest BCUT2D eigenvalue weighted by Crippen LogP contribution is 2.46. The molecule has 45 heteroatoms. The number of amides is 2. The SMILES string of the molecule is C.CC[C@@]1(O)C(=O)OCc2c1cc1n(c2=O)Cc2cc3ccccc3nc2-1.CC[C@@]1(OC(=O)Nc2ccn(C3OC(CO)C(O)C3O)c(=O)n2)C(=O)OCc2c1cc1n(c2=O)Cc2cc3ccccc3nc2-1.CC[C@@]1(OC(=O)Nc2ccn(C3OC(CO)C(O)C3O)c(=O)n2)C(=O)OCc2c1cc1n(c2=O)Cc2cc3ccccc3nc2-1.Nc1ccn(C2OC(CO)C(O)C2O)c(=O)n1.O. The molecule has 704 valence electrons. The summed E-state index contributed by atoms with van der Waals surface area (Å²) in [4.78, 5) is 168. The molecule has 12 aromatic rings. The van der Waals surface area contributed by atoms with Crippen molar-refractivity contribution in [3.8, 4) is 34.2 Å². The molecule has 0 radical (unpaired) electrons. The fraction of sp³-hybridized carbons (Fsp3) is 0.344. The number of anilines is 3. The number of hydrogen-bond donors (Lipinski definition) is 13. The van der Waals surface area contributed by atoms with Crippen molar-refractivity contribution < 1.29 is 118 Å². The molecule has 0 aliphatic carbocycles. The zero-order chi connectivity index (χ0) is 93.9. The van der Waals surface area contributed by atoms with Gasteiger partial charge in [0.05, 0.1) is 107 Å². The molecule has 9 aliphatic rings. The summed E-state index contributed by atoms with van der Waals surface area (Å²) in [6.07, 6.45) is -14.0. The number of nitrogens with zero attached hydrogens (tertiary/aromatic N) is 12. The van der Waals surface area contributed by atoms with Crippen molar-refractivity contribution in [2.24, 2.45) is 0 Å². The van der Waals surface area contributed by atoms with E-state index in [-0.39, 0.29) is 110 Å². The Morgan fingerprint density at radius 3 is 1.07 bits per heavy atom. The minimum Gasteiger partial charge on any atom is -0.458 e. The van der Waals surface area contributed by atoms with Crippen LogP contribution in [0.15, 0.2) is 175 Å². The van der Waals surface area contributed by atoms with Gasteiger partial charge in [0.15, 0.2) is 24.3 Å². The van der Waals surface area contributed by atoms with Crippen molar-refractivity contribution in [2.45, 2.75) is 177 Å². The second-order valence-corrected chi connectivity index (χ2v) is 32.6. The third-order valence-corrected chi connectivity index (χ3v) is 25.1. The minimum absolute atomic E-state index is 0. The maximum atomic E-state index is 13.7. The number of para-hydroxylation sites is 3. The molecule has 15 atom stereocenters. The van der Waals surface area contributed by atoms with Gasteiger partial charge in [-0.25, -0.2) is 53.3 Å². The van der Waals surface area contributed by atoms with E-state index < -0.39 is 169 Å². The Labute approximate surface area is 758 Å². The monoisotopic (exact) mass is 1860 g/mol. The van der Waals surface area contributed by atoms with Gasteiger partial charge in [-0.15, -0.1) is 0 Å². The van der Waals surface area contributed by atoms with Crippen LogP contribution in [0, 0.1) is 0 Å². The molecule has 0 spiro atoms. The van der Waals surface area contributed by atoms with Crippen LogP contribution in [-0.2, 0) is 109 Å². The number of nitrogens with one attached hydrogen (secondary N) is 2. The number of carbonyl (C=O) groups is 5. The maximum Gasteiger partial charge on any atom is 0.414 e. The van der Waals surface area contributed by atoms with E-state index in [4.69, 9.17) is 63.7 Å². The van der Waals surface area contributed by atoms with E-state index >= 15 is 0 Å². The lowest BCUT2D eigenvalue weighted by molar-refractivity contribution is -0.172. The van der Waals surface area contributed by atoms with E-state index in [9.17, 15) is 98.7 Å². The molecule has 2 amide bonds. The Balaban J connectivity index is 0.000000138. The van der Waals surface area contributed by atoms with Crippen LogP contribution in [0.4, 0.5) is 27.0 Å². The summed E-state index contributed by atoms with van der Waals surface area (Å²) in [5, 5.41) is 106. The van der Waals surface area contributed by atoms with Crippen LogP contribution in [0.2, 0.25) is 0 Å². The largest absolute Gasteiger partial charge is 0.458 e.